The van der Waals surface area contributed by atoms with E-state index < -0.39 is 11.2 Å². The summed E-state index contributed by atoms with van der Waals surface area (Å²) >= 11 is 2.77. The minimum absolute atomic E-state index is 0.242. The second-order valence-corrected chi connectivity index (χ2v) is 7.73. The highest BCUT2D eigenvalue weighted by molar-refractivity contribution is 8.15. The molecule has 1 saturated heterocycles. The molecule has 6 nitrogen and oxygen atoms in total. The number of nitrogens with zero attached hydrogens (tertiary/aromatic N) is 2. The van der Waals surface area contributed by atoms with E-state index in [-0.39, 0.29) is 12.3 Å². The minimum Gasteiger partial charge on any atom is -0.481 e. The van der Waals surface area contributed by atoms with Gasteiger partial charge in [0.1, 0.15) is 5.25 Å². The number of carbonyl (C=O) groups is 2. The Kier molecular flexibility index (Phi) is 6.31. The van der Waals surface area contributed by atoms with Crippen LogP contribution in [-0.2, 0) is 9.59 Å². The Morgan fingerprint density at radius 2 is 2.00 bits per heavy atom. The summed E-state index contributed by atoms with van der Waals surface area (Å²) in [7, 11) is 0. The molecule has 0 saturated carbocycles. The third-order valence-electron chi connectivity index (χ3n) is 3.84. The third kappa shape index (κ3) is 4.99. The maximum absolute atomic E-state index is 11.7. The molecule has 1 amide bonds. The van der Waals surface area contributed by atoms with Crippen molar-refractivity contribution < 1.29 is 14.7 Å². The van der Waals surface area contributed by atoms with Crippen molar-refractivity contribution >= 4 is 46.8 Å². The molecule has 3 rings (SSSR count). The fraction of sp³-hybridized carbons (Fsp3) is 0.158. The Labute approximate surface area is 165 Å². The zero-order valence-corrected chi connectivity index (χ0v) is 16.1. The van der Waals surface area contributed by atoms with Crippen LogP contribution in [0.5, 0.6) is 0 Å². The number of carboxylic acids is 1. The molecule has 1 unspecified atom stereocenters. The van der Waals surface area contributed by atoms with Crippen molar-refractivity contribution in [3.63, 3.8) is 0 Å². The van der Waals surface area contributed by atoms with Crippen LogP contribution < -0.4 is 5.32 Å². The van der Waals surface area contributed by atoms with E-state index in [0.29, 0.717) is 5.17 Å². The number of amidine groups is 1. The van der Waals surface area contributed by atoms with Crippen molar-refractivity contribution in [3.05, 3.63) is 54.1 Å². The average Bonchev–Trinajstić information content (AvgIpc) is 3.01. The van der Waals surface area contributed by atoms with Gasteiger partial charge in [0, 0.05) is 10.5 Å². The van der Waals surface area contributed by atoms with Crippen LogP contribution in [0.4, 0.5) is 0 Å². The van der Waals surface area contributed by atoms with E-state index in [1.165, 1.54) is 4.90 Å². The zero-order chi connectivity index (χ0) is 19.2. The normalized spacial score (nSPS) is 18.2. The molecule has 1 atom stereocenters. The number of rotatable bonds is 6. The first-order valence-electron chi connectivity index (χ1n) is 8.10. The van der Waals surface area contributed by atoms with Crippen LogP contribution in [0.3, 0.4) is 0 Å². The first kappa shape index (κ1) is 19.2. The number of thioether (sulfide) groups is 2. The molecule has 0 radical (unpaired) electrons. The monoisotopic (exact) mass is 399 g/mol. The highest BCUT2D eigenvalue weighted by Gasteiger charge is 2.32. The standard InChI is InChI=1S/C19H17N3O3S2/c1-26-14-8-6-12(7-9-14)15-5-3-2-4-13(15)11-20-22-19-21-18(25)16(27-19)10-17(23)24/h2-9,11,16H,10H2,1H3,(H,23,24)(H,21,22,25). The van der Waals surface area contributed by atoms with Gasteiger partial charge in [0.2, 0.25) is 5.91 Å². The van der Waals surface area contributed by atoms with Gasteiger partial charge in [-0.2, -0.15) is 5.10 Å². The number of amides is 1. The molecule has 138 valence electrons. The molecule has 0 aromatic heterocycles. The van der Waals surface area contributed by atoms with Crippen LogP contribution in [0.2, 0.25) is 0 Å². The Balaban J connectivity index is 1.76. The predicted octanol–water partition coefficient (Wildman–Crippen LogP) is 3.47. The highest BCUT2D eigenvalue weighted by atomic mass is 32.2. The van der Waals surface area contributed by atoms with Crippen molar-refractivity contribution in [1.82, 2.24) is 5.32 Å². The number of carbonyl (C=O) groups excluding carboxylic acids is 1. The van der Waals surface area contributed by atoms with E-state index in [1.54, 1.807) is 18.0 Å². The summed E-state index contributed by atoms with van der Waals surface area (Å²) in [5.41, 5.74) is 3.00. The second-order valence-electron chi connectivity index (χ2n) is 5.66. The Morgan fingerprint density at radius 3 is 2.70 bits per heavy atom. The predicted molar refractivity (Wildman–Crippen MR) is 110 cm³/mol. The third-order valence-corrected chi connectivity index (χ3v) is 5.66. The van der Waals surface area contributed by atoms with E-state index in [4.69, 9.17) is 5.11 Å². The molecule has 1 aliphatic rings. The highest BCUT2D eigenvalue weighted by Crippen LogP contribution is 2.26. The molecule has 2 aromatic rings. The molecule has 2 aromatic carbocycles. The molecule has 2 N–H and O–H groups in total. The number of hydrogen-bond donors (Lipinski definition) is 2. The molecule has 0 bridgehead atoms. The SMILES string of the molecule is CSc1ccc(-c2ccccc2C=NN=C2NC(=O)C(CC(=O)O)S2)cc1. The zero-order valence-electron chi connectivity index (χ0n) is 14.5. The van der Waals surface area contributed by atoms with E-state index in [1.807, 2.05) is 30.5 Å². The maximum Gasteiger partial charge on any atom is 0.305 e. The smallest absolute Gasteiger partial charge is 0.305 e. The first-order valence-corrected chi connectivity index (χ1v) is 10.2. The lowest BCUT2D eigenvalue weighted by Gasteiger charge is -2.06. The van der Waals surface area contributed by atoms with Gasteiger partial charge in [0.05, 0.1) is 12.6 Å². The van der Waals surface area contributed by atoms with Crippen LogP contribution >= 0.6 is 23.5 Å². The summed E-state index contributed by atoms with van der Waals surface area (Å²) in [4.78, 5) is 23.7. The minimum atomic E-state index is -1.02. The van der Waals surface area contributed by atoms with Crippen molar-refractivity contribution in [2.45, 2.75) is 16.6 Å². The summed E-state index contributed by atoms with van der Waals surface area (Å²) in [6.45, 7) is 0. The lowest BCUT2D eigenvalue weighted by molar-refractivity contribution is -0.138. The van der Waals surface area contributed by atoms with Crippen LogP contribution in [0.1, 0.15) is 12.0 Å². The largest absolute Gasteiger partial charge is 0.481 e. The maximum atomic E-state index is 11.7. The van der Waals surface area contributed by atoms with Gasteiger partial charge in [-0.1, -0.05) is 48.2 Å². The van der Waals surface area contributed by atoms with Crippen LogP contribution in [-0.4, -0.2) is 39.9 Å². The lowest BCUT2D eigenvalue weighted by atomic mass is 10.0. The summed E-state index contributed by atoms with van der Waals surface area (Å²) in [5.74, 6) is -1.38. The van der Waals surface area contributed by atoms with E-state index in [9.17, 15) is 9.59 Å². The fourth-order valence-electron chi connectivity index (χ4n) is 2.53. The molecule has 8 heteroatoms. The number of benzene rings is 2. The first-order chi connectivity index (χ1) is 13.1. The van der Waals surface area contributed by atoms with Gasteiger partial charge in [-0.15, -0.1) is 16.9 Å². The van der Waals surface area contributed by atoms with Crippen molar-refractivity contribution in [2.24, 2.45) is 10.2 Å². The molecule has 0 spiro atoms. The molecule has 1 aliphatic heterocycles. The van der Waals surface area contributed by atoms with Crippen molar-refractivity contribution in [2.75, 3.05) is 6.26 Å². The van der Waals surface area contributed by atoms with Gasteiger partial charge in [0.25, 0.3) is 0 Å². The summed E-state index contributed by atoms with van der Waals surface area (Å²) in [5, 5.41) is 19.1. The quantitative estimate of drug-likeness (QED) is 0.441. The topological polar surface area (TPSA) is 91.1 Å². The lowest BCUT2D eigenvalue weighted by Crippen LogP contribution is -2.26. The van der Waals surface area contributed by atoms with Crippen LogP contribution in [0.25, 0.3) is 11.1 Å². The summed E-state index contributed by atoms with van der Waals surface area (Å²) in [6.07, 6.45) is 3.42. The van der Waals surface area contributed by atoms with Gasteiger partial charge in [-0.3, -0.25) is 9.59 Å². The molecule has 1 fully saturated rings. The second kappa shape index (κ2) is 8.88. The number of nitrogens with one attached hydrogen (secondary N) is 1. The van der Waals surface area contributed by atoms with E-state index >= 15 is 0 Å². The number of hydrogen-bond acceptors (Lipinski definition) is 6. The van der Waals surface area contributed by atoms with Crippen LogP contribution in [0, 0.1) is 0 Å². The van der Waals surface area contributed by atoms with E-state index in [0.717, 1.165) is 28.5 Å². The molecular weight excluding hydrogens is 382 g/mol. The number of carboxylic acid groups (broad SMARTS) is 1. The average molecular weight is 399 g/mol. The van der Waals surface area contributed by atoms with Gasteiger partial charge in [0.15, 0.2) is 5.17 Å². The van der Waals surface area contributed by atoms with Gasteiger partial charge in [-0.05, 0) is 29.5 Å². The Hall–Kier alpha value is -2.58. The Morgan fingerprint density at radius 1 is 1.26 bits per heavy atom. The molecule has 0 aliphatic carbocycles. The number of aliphatic carboxylic acids is 1. The van der Waals surface area contributed by atoms with Crippen molar-refractivity contribution in [3.8, 4) is 11.1 Å². The van der Waals surface area contributed by atoms with Crippen LogP contribution in [0.15, 0.2) is 63.6 Å². The molecule has 1 heterocycles. The Bertz CT molecular complexity index is 911. The summed E-state index contributed by atoms with van der Waals surface area (Å²) in [6, 6.07) is 16.1. The molecule has 27 heavy (non-hydrogen) atoms. The van der Waals surface area contributed by atoms with E-state index in [2.05, 4.69) is 39.8 Å². The fourth-order valence-corrected chi connectivity index (χ4v) is 3.86. The van der Waals surface area contributed by atoms with Gasteiger partial charge >= 0.3 is 5.97 Å². The molecular formula is C19H17N3O3S2. The summed E-state index contributed by atoms with van der Waals surface area (Å²) < 4.78 is 0. The van der Waals surface area contributed by atoms with Gasteiger partial charge in [-0.25, -0.2) is 0 Å². The van der Waals surface area contributed by atoms with Gasteiger partial charge < -0.3 is 10.4 Å². The van der Waals surface area contributed by atoms with Crippen molar-refractivity contribution in [1.29, 1.82) is 0 Å².